The fourth-order valence-corrected chi connectivity index (χ4v) is 2.78. The van der Waals surface area contributed by atoms with Crippen molar-refractivity contribution in [3.8, 4) is 11.1 Å². The predicted molar refractivity (Wildman–Crippen MR) is 91.4 cm³/mol. The zero-order chi connectivity index (χ0) is 16.2. The van der Waals surface area contributed by atoms with Crippen molar-refractivity contribution in [1.29, 1.82) is 0 Å². The summed E-state index contributed by atoms with van der Waals surface area (Å²) < 4.78 is 0. The fraction of sp³-hybridized carbons (Fsp3) is 0.316. The summed E-state index contributed by atoms with van der Waals surface area (Å²) in [4.78, 5) is 5.44. The SMILES string of the molecule is CC(C)[NH2+]C[C@H](O)CON=C1c2ccccc2-c2ccccc21. The van der Waals surface area contributed by atoms with Crippen LogP contribution in [0.25, 0.3) is 11.1 Å². The van der Waals surface area contributed by atoms with Crippen molar-refractivity contribution >= 4 is 5.71 Å². The minimum atomic E-state index is -0.520. The highest BCUT2D eigenvalue weighted by atomic mass is 16.6. The lowest BCUT2D eigenvalue weighted by molar-refractivity contribution is -0.688. The fourth-order valence-electron chi connectivity index (χ4n) is 2.78. The molecule has 0 bridgehead atoms. The molecule has 2 aromatic rings. The Hall–Kier alpha value is -2.17. The van der Waals surface area contributed by atoms with Gasteiger partial charge in [0.1, 0.15) is 25.0 Å². The van der Waals surface area contributed by atoms with Gasteiger partial charge in [-0.1, -0.05) is 53.7 Å². The Balaban J connectivity index is 1.75. The summed E-state index contributed by atoms with van der Waals surface area (Å²) in [5, 5.41) is 16.3. The number of aliphatic hydroxyl groups is 1. The van der Waals surface area contributed by atoms with Gasteiger partial charge in [-0.15, -0.1) is 0 Å². The Morgan fingerprint density at radius 3 is 2.00 bits per heavy atom. The Morgan fingerprint density at radius 2 is 1.48 bits per heavy atom. The highest BCUT2D eigenvalue weighted by molar-refractivity contribution is 6.24. The van der Waals surface area contributed by atoms with Gasteiger partial charge in [0.25, 0.3) is 0 Å². The number of benzene rings is 2. The summed E-state index contributed by atoms with van der Waals surface area (Å²) >= 11 is 0. The Morgan fingerprint density at radius 1 is 0.957 bits per heavy atom. The van der Waals surface area contributed by atoms with E-state index in [9.17, 15) is 5.11 Å². The van der Waals surface area contributed by atoms with E-state index >= 15 is 0 Å². The average molecular weight is 311 g/mol. The first-order chi connectivity index (χ1) is 11.2. The molecule has 1 aliphatic rings. The van der Waals surface area contributed by atoms with E-state index in [-0.39, 0.29) is 6.61 Å². The second kappa shape index (κ2) is 6.94. The average Bonchev–Trinajstić information content (AvgIpc) is 2.88. The van der Waals surface area contributed by atoms with Gasteiger partial charge in [-0.25, -0.2) is 0 Å². The third kappa shape index (κ3) is 3.44. The number of oxime groups is 1. The van der Waals surface area contributed by atoms with Crippen LogP contribution in [0.2, 0.25) is 0 Å². The standard InChI is InChI=1S/C19H22N2O2/c1-13(2)20-11-14(22)12-23-21-19-17-9-5-3-7-15(17)16-8-4-6-10-18(16)19/h3-10,13-14,20,22H,11-12H2,1-2H3/p+1/t14-/m0/s1. The second-order valence-electron chi connectivity index (χ2n) is 6.20. The maximum absolute atomic E-state index is 9.94. The molecule has 0 heterocycles. The normalized spacial score (nSPS) is 13.7. The van der Waals surface area contributed by atoms with Crippen molar-refractivity contribution in [3.05, 3.63) is 59.7 Å². The van der Waals surface area contributed by atoms with Crippen LogP contribution in [0, 0.1) is 0 Å². The van der Waals surface area contributed by atoms with Crippen molar-refractivity contribution in [1.82, 2.24) is 0 Å². The highest BCUT2D eigenvalue weighted by Crippen LogP contribution is 2.36. The maximum atomic E-state index is 9.94. The van der Waals surface area contributed by atoms with Crippen LogP contribution in [-0.2, 0) is 4.84 Å². The minimum absolute atomic E-state index is 0.205. The first-order valence-corrected chi connectivity index (χ1v) is 8.07. The van der Waals surface area contributed by atoms with E-state index < -0.39 is 6.10 Å². The van der Waals surface area contributed by atoms with E-state index in [1.165, 1.54) is 11.1 Å². The van der Waals surface area contributed by atoms with Crippen LogP contribution in [0.5, 0.6) is 0 Å². The van der Waals surface area contributed by atoms with Gasteiger partial charge in [0, 0.05) is 11.1 Å². The molecule has 1 atom stereocenters. The van der Waals surface area contributed by atoms with E-state index in [4.69, 9.17) is 4.84 Å². The van der Waals surface area contributed by atoms with Crippen molar-refractivity contribution < 1.29 is 15.3 Å². The third-order valence-electron chi connectivity index (χ3n) is 3.96. The van der Waals surface area contributed by atoms with E-state index in [2.05, 4.69) is 48.6 Å². The van der Waals surface area contributed by atoms with E-state index in [0.29, 0.717) is 12.6 Å². The Bertz CT molecular complexity index is 663. The van der Waals surface area contributed by atoms with Gasteiger partial charge in [-0.05, 0) is 25.0 Å². The molecule has 0 amide bonds. The van der Waals surface area contributed by atoms with Gasteiger partial charge in [0.2, 0.25) is 0 Å². The van der Waals surface area contributed by atoms with Gasteiger partial charge < -0.3 is 15.3 Å². The van der Waals surface area contributed by atoms with Crippen LogP contribution in [0.1, 0.15) is 25.0 Å². The zero-order valence-electron chi connectivity index (χ0n) is 13.6. The highest BCUT2D eigenvalue weighted by Gasteiger charge is 2.24. The first-order valence-electron chi connectivity index (χ1n) is 8.07. The molecule has 0 saturated heterocycles. The summed E-state index contributed by atoms with van der Waals surface area (Å²) in [6.07, 6.45) is -0.520. The molecule has 0 fully saturated rings. The molecule has 1 aliphatic carbocycles. The topological polar surface area (TPSA) is 58.4 Å². The van der Waals surface area contributed by atoms with Crippen LogP contribution in [-0.4, -0.2) is 36.1 Å². The van der Waals surface area contributed by atoms with E-state index in [0.717, 1.165) is 16.8 Å². The van der Waals surface area contributed by atoms with Gasteiger partial charge in [-0.2, -0.15) is 0 Å². The molecule has 3 N–H and O–H groups in total. The molecule has 0 spiro atoms. The lowest BCUT2D eigenvalue weighted by Crippen LogP contribution is -2.90. The Kier molecular flexibility index (Phi) is 4.74. The lowest BCUT2D eigenvalue weighted by atomic mass is 10.1. The molecule has 23 heavy (non-hydrogen) atoms. The van der Waals surface area contributed by atoms with Crippen molar-refractivity contribution in [2.75, 3.05) is 13.2 Å². The molecule has 4 nitrogen and oxygen atoms in total. The molecule has 4 heteroatoms. The van der Waals surface area contributed by atoms with Crippen molar-refractivity contribution in [3.63, 3.8) is 0 Å². The molecule has 3 rings (SSSR count). The molecular weight excluding hydrogens is 288 g/mol. The van der Waals surface area contributed by atoms with Gasteiger partial charge >= 0.3 is 0 Å². The Labute approximate surface area is 136 Å². The van der Waals surface area contributed by atoms with Gasteiger partial charge in [-0.3, -0.25) is 0 Å². The zero-order valence-corrected chi connectivity index (χ0v) is 13.6. The number of aliphatic hydroxyl groups excluding tert-OH is 1. The monoisotopic (exact) mass is 311 g/mol. The van der Waals surface area contributed by atoms with E-state index in [1.807, 2.05) is 24.3 Å². The van der Waals surface area contributed by atoms with Gasteiger partial charge in [0.15, 0.2) is 0 Å². The lowest BCUT2D eigenvalue weighted by Gasteiger charge is -2.10. The molecule has 0 aliphatic heterocycles. The van der Waals surface area contributed by atoms with Crippen LogP contribution in [0.4, 0.5) is 0 Å². The maximum Gasteiger partial charge on any atom is 0.148 e. The van der Waals surface area contributed by atoms with E-state index in [1.54, 1.807) is 0 Å². The summed E-state index contributed by atoms with van der Waals surface area (Å²) in [7, 11) is 0. The first kappa shape index (κ1) is 15.7. The molecule has 0 radical (unpaired) electrons. The van der Waals surface area contributed by atoms with Gasteiger partial charge in [0.05, 0.1) is 6.04 Å². The summed E-state index contributed by atoms with van der Waals surface area (Å²) in [6.45, 7) is 5.02. The number of nitrogens with two attached hydrogens (primary N) is 1. The third-order valence-corrected chi connectivity index (χ3v) is 3.96. The molecule has 0 saturated carbocycles. The molecule has 0 aromatic heterocycles. The summed E-state index contributed by atoms with van der Waals surface area (Å²) in [5.41, 5.74) is 5.36. The largest absolute Gasteiger partial charge is 0.392 e. The number of quaternary nitrogens is 1. The predicted octanol–water partition coefficient (Wildman–Crippen LogP) is 1.77. The number of hydrogen-bond donors (Lipinski definition) is 2. The summed E-state index contributed by atoms with van der Waals surface area (Å²) in [6, 6.07) is 16.9. The molecule has 2 aromatic carbocycles. The number of hydrogen-bond acceptors (Lipinski definition) is 3. The molecular formula is C19H23N2O2+. The smallest absolute Gasteiger partial charge is 0.148 e. The summed E-state index contributed by atoms with van der Waals surface area (Å²) in [5.74, 6) is 0. The van der Waals surface area contributed by atoms with Crippen molar-refractivity contribution in [2.24, 2.45) is 5.16 Å². The van der Waals surface area contributed by atoms with Crippen LogP contribution >= 0.6 is 0 Å². The quantitative estimate of drug-likeness (QED) is 0.682. The molecule has 0 unspecified atom stereocenters. The molecule has 120 valence electrons. The number of rotatable bonds is 6. The van der Waals surface area contributed by atoms with Crippen LogP contribution in [0.15, 0.2) is 53.7 Å². The van der Waals surface area contributed by atoms with Crippen LogP contribution in [0.3, 0.4) is 0 Å². The number of fused-ring (bicyclic) bond motifs is 3. The van der Waals surface area contributed by atoms with Crippen molar-refractivity contribution in [2.45, 2.75) is 26.0 Å². The van der Waals surface area contributed by atoms with Crippen LogP contribution < -0.4 is 5.32 Å². The minimum Gasteiger partial charge on any atom is -0.392 e. The number of nitrogens with zero attached hydrogens (tertiary/aromatic N) is 1. The second-order valence-corrected chi connectivity index (χ2v) is 6.20.